The van der Waals surface area contributed by atoms with Crippen LogP contribution in [-0.4, -0.2) is 16.9 Å². The average molecular weight is 337 g/mol. The molecule has 4 heteroatoms. The minimum Gasteiger partial charge on any atom is -0.497 e. The largest absolute Gasteiger partial charge is 0.497 e. The van der Waals surface area contributed by atoms with Crippen LogP contribution in [0.1, 0.15) is 12.5 Å². The third-order valence-corrected chi connectivity index (χ3v) is 5.60. The first kappa shape index (κ1) is 15.3. The molecule has 122 valence electrons. The zero-order chi connectivity index (χ0) is 16.7. The maximum absolute atomic E-state index is 5.28. The van der Waals surface area contributed by atoms with E-state index in [4.69, 9.17) is 4.74 Å². The molecule has 1 aliphatic heterocycles. The van der Waals surface area contributed by atoms with Gasteiger partial charge in [-0.25, -0.2) is 4.57 Å². The monoisotopic (exact) mass is 337 g/mol. The summed E-state index contributed by atoms with van der Waals surface area (Å²) in [7, 11) is 1.70. The molecule has 24 heavy (non-hydrogen) atoms. The Kier molecular flexibility index (Phi) is 3.85. The summed E-state index contributed by atoms with van der Waals surface area (Å²) in [6.07, 6.45) is 2.25. The minimum absolute atomic E-state index is 0.592. The Morgan fingerprint density at radius 2 is 1.79 bits per heavy atom. The molecule has 0 unspecified atom stereocenters. The maximum atomic E-state index is 5.28. The van der Waals surface area contributed by atoms with Crippen molar-refractivity contribution in [2.24, 2.45) is 0 Å². The van der Waals surface area contributed by atoms with E-state index >= 15 is 0 Å². The molecule has 2 heterocycles. The fourth-order valence-electron chi connectivity index (χ4n) is 3.13. The van der Waals surface area contributed by atoms with Crippen LogP contribution < -0.4 is 9.30 Å². The zero-order valence-corrected chi connectivity index (χ0v) is 15.0. The fraction of sp³-hybridized carbons (Fsp3) is 0.250. The van der Waals surface area contributed by atoms with Gasteiger partial charge >= 0.3 is 5.16 Å². The van der Waals surface area contributed by atoms with Crippen LogP contribution in [0, 0.1) is 6.92 Å². The van der Waals surface area contributed by atoms with Gasteiger partial charge < -0.3 is 4.74 Å². The number of imidazole rings is 1. The molecule has 0 amide bonds. The predicted molar refractivity (Wildman–Crippen MR) is 98.0 cm³/mol. The normalized spacial score (nSPS) is 16.2. The number of hydrogen-bond acceptors (Lipinski definition) is 2. The summed E-state index contributed by atoms with van der Waals surface area (Å²) in [6, 6.07) is 17.0. The average Bonchev–Trinajstić information content (AvgIpc) is 3.13. The minimum atomic E-state index is 0.592. The van der Waals surface area contributed by atoms with Crippen LogP contribution in [0.5, 0.6) is 5.75 Å². The Morgan fingerprint density at radius 3 is 2.46 bits per heavy atom. The first-order valence-electron chi connectivity index (χ1n) is 8.19. The molecular formula is C20H21N2OS+. The highest BCUT2D eigenvalue weighted by atomic mass is 32.2. The van der Waals surface area contributed by atoms with E-state index in [1.807, 2.05) is 23.9 Å². The van der Waals surface area contributed by atoms with Gasteiger partial charge in [0.2, 0.25) is 0 Å². The molecule has 1 aliphatic rings. The molecule has 0 radical (unpaired) electrons. The van der Waals surface area contributed by atoms with Crippen molar-refractivity contribution < 1.29 is 9.30 Å². The van der Waals surface area contributed by atoms with Gasteiger partial charge in [-0.2, -0.15) is 4.57 Å². The molecule has 1 atom stereocenters. The summed E-state index contributed by atoms with van der Waals surface area (Å²) < 4.78 is 10.0. The number of rotatable bonds is 3. The summed E-state index contributed by atoms with van der Waals surface area (Å²) in [5, 5.41) is 1.89. The Bertz CT molecular complexity index is 866. The number of nitrogens with zero attached hydrogens (tertiary/aromatic N) is 2. The number of aromatic nitrogens is 2. The van der Waals surface area contributed by atoms with Crippen LogP contribution in [-0.2, 0) is 6.54 Å². The van der Waals surface area contributed by atoms with E-state index in [9.17, 15) is 0 Å². The van der Waals surface area contributed by atoms with Gasteiger partial charge in [0.25, 0.3) is 0 Å². The Balaban J connectivity index is 1.83. The smallest absolute Gasteiger partial charge is 0.324 e. The van der Waals surface area contributed by atoms with E-state index in [2.05, 4.69) is 65.6 Å². The van der Waals surface area contributed by atoms with Crippen molar-refractivity contribution in [3.8, 4) is 22.7 Å². The van der Waals surface area contributed by atoms with Gasteiger partial charge in [-0.05, 0) is 49.9 Å². The molecule has 4 rings (SSSR count). The van der Waals surface area contributed by atoms with Crippen molar-refractivity contribution in [2.75, 3.05) is 7.11 Å². The Hall–Kier alpha value is -2.20. The third kappa shape index (κ3) is 2.61. The van der Waals surface area contributed by atoms with Crippen molar-refractivity contribution in [1.29, 1.82) is 0 Å². The van der Waals surface area contributed by atoms with Crippen molar-refractivity contribution in [3.05, 3.63) is 60.3 Å². The molecule has 0 N–H and O–H groups in total. The predicted octanol–water partition coefficient (Wildman–Crippen LogP) is 4.24. The van der Waals surface area contributed by atoms with Gasteiger partial charge in [0.15, 0.2) is 5.69 Å². The van der Waals surface area contributed by atoms with E-state index in [1.165, 1.54) is 27.7 Å². The molecule has 0 fully saturated rings. The van der Waals surface area contributed by atoms with Gasteiger partial charge in [-0.15, -0.1) is 0 Å². The molecule has 0 spiro atoms. The molecule has 0 saturated carbocycles. The first-order valence-corrected chi connectivity index (χ1v) is 9.07. The summed E-state index contributed by atoms with van der Waals surface area (Å²) >= 11 is 1.94. The first-order chi connectivity index (χ1) is 11.7. The van der Waals surface area contributed by atoms with Crippen molar-refractivity contribution in [1.82, 2.24) is 4.57 Å². The lowest BCUT2D eigenvalue weighted by Gasteiger charge is -2.02. The quantitative estimate of drug-likeness (QED) is 0.665. The van der Waals surface area contributed by atoms with Crippen LogP contribution in [0.15, 0.2) is 59.9 Å². The third-order valence-electron chi connectivity index (χ3n) is 4.42. The number of benzene rings is 2. The number of fused-ring (bicyclic) bond motifs is 1. The Morgan fingerprint density at radius 1 is 1.08 bits per heavy atom. The second-order valence-electron chi connectivity index (χ2n) is 6.27. The Labute approximate surface area is 146 Å². The molecule has 0 aliphatic carbocycles. The van der Waals surface area contributed by atoms with E-state index < -0.39 is 0 Å². The molecule has 1 aromatic heterocycles. The molecule has 0 saturated heterocycles. The van der Waals surface area contributed by atoms with E-state index in [-0.39, 0.29) is 0 Å². The van der Waals surface area contributed by atoms with E-state index in [1.54, 1.807) is 7.11 Å². The van der Waals surface area contributed by atoms with Crippen molar-refractivity contribution >= 4 is 11.8 Å². The van der Waals surface area contributed by atoms with E-state index in [0.29, 0.717) is 5.25 Å². The van der Waals surface area contributed by atoms with Crippen LogP contribution in [0.2, 0.25) is 0 Å². The molecule has 0 bridgehead atoms. The SMILES string of the molecule is COc1ccc(-n2cc(-c3ccc(C)cc3)[n+]3c2S[C@H](C)C3)cc1. The lowest BCUT2D eigenvalue weighted by atomic mass is 10.1. The highest BCUT2D eigenvalue weighted by Crippen LogP contribution is 2.33. The summed E-state index contributed by atoms with van der Waals surface area (Å²) in [5.41, 5.74) is 5.00. The number of methoxy groups -OCH3 is 1. The fourth-order valence-corrected chi connectivity index (χ4v) is 4.29. The lowest BCUT2D eigenvalue weighted by molar-refractivity contribution is -0.715. The second-order valence-corrected chi connectivity index (χ2v) is 7.68. The van der Waals surface area contributed by atoms with Crippen molar-refractivity contribution in [2.45, 2.75) is 30.8 Å². The van der Waals surface area contributed by atoms with Gasteiger partial charge in [0.05, 0.1) is 12.4 Å². The standard InChI is InChI=1S/C20H21N2OS/c1-14-4-6-16(7-5-14)19-13-21(20-22(19)12-15(2)24-20)17-8-10-18(23-3)11-9-17/h4-11,13,15H,12H2,1-3H3/q+1/t15-/m1/s1. The van der Waals surface area contributed by atoms with Crippen LogP contribution >= 0.6 is 11.8 Å². The molecular weight excluding hydrogens is 316 g/mol. The summed E-state index contributed by atoms with van der Waals surface area (Å²) in [6.45, 7) is 5.46. The number of hydrogen-bond donors (Lipinski definition) is 0. The summed E-state index contributed by atoms with van der Waals surface area (Å²) in [4.78, 5) is 0. The highest BCUT2D eigenvalue weighted by Gasteiger charge is 2.34. The number of ether oxygens (including phenoxy) is 1. The second kappa shape index (κ2) is 6.02. The van der Waals surface area contributed by atoms with Crippen LogP contribution in [0.4, 0.5) is 0 Å². The van der Waals surface area contributed by atoms with Gasteiger partial charge in [-0.3, -0.25) is 0 Å². The van der Waals surface area contributed by atoms with Crippen molar-refractivity contribution in [3.63, 3.8) is 0 Å². The van der Waals surface area contributed by atoms with Gasteiger partial charge in [-0.1, -0.05) is 29.8 Å². The topological polar surface area (TPSA) is 18.0 Å². The summed E-state index contributed by atoms with van der Waals surface area (Å²) in [5.74, 6) is 0.884. The molecule has 3 aromatic rings. The van der Waals surface area contributed by atoms with E-state index in [0.717, 1.165) is 12.3 Å². The maximum Gasteiger partial charge on any atom is 0.324 e. The lowest BCUT2D eigenvalue weighted by Crippen LogP contribution is -2.35. The molecule has 2 aromatic carbocycles. The number of aryl methyl sites for hydroxylation is 1. The van der Waals surface area contributed by atoms with Gasteiger partial charge in [0, 0.05) is 5.56 Å². The highest BCUT2D eigenvalue weighted by molar-refractivity contribution is 7.99. The van der Waals surface area contributed by atoms with Gasteiger partial charge in [0.1, 0.15) is 24.2 Å². The van der Waals surface area contributed by atoms with Crippen LogP contribution in [0.3, 0.4) is 0 Å². The number of thioether (sulfide) groups is 1. The zero-order valence-electron chi connectivity index (χ0n) is 14.2. The molecule has 3 nitrogen and oxygen atoms in total. The van der Waals surface area contributed by atoms with Crippen LogP contribution in [0.25, 0.3) is 16.9 Å².